The number of halogens is 3. The molecule has 0 bridgehead atoms. The standard InChI is InChI=1S/C23H29ClN2O3.C19H24N2O3.C18H23ClN4O3.C18H21ClN2O2.C17H20N2O2/c1-16-15-17(11-12-19(16)24)25-23(27)22-20(28-14-13-26(2)3)9-6-10-21(22)29-18-7-4-5-8-18;1-4-23-16-11-8-12-17(24-14-13-21(2)3)18(16)19(22)20-15-9-6-5-7-10-15;1-5-25-17-15(18(21-11-20-17)26-9-8-23(3)4)16(24)22-13-6-7-14(19)12(2)10-13;1-13-11-15(7-8-17(13)19)20-18(22)14-5-4-6-16(12-14)23-10-9-21(2)3;1-19(2)12-13-21-16-11-7-6-10-15(16)17(20)18-14-8-4-3-5-9-14/h6,9-12,15,18H,4-5,7-8,13-14H2,1-3H3,(H,25,27);5-12H,4,13-14H2,1-3H3,(H,20,22);6-7,10-11H,5,8-9H2,1-4H3,(H,22,24);4-8,11-12H,9-10H2,1-3H3,(H,20,22);3-11H,12-13H2,1-2H3,(H,18,20). The van der Waals surface area contributed by atoms with Crippen LogP contribution in [0.4, 0.5) is 28.4 Å². The van der Waals surface area contributed by atoms with Crippen LogP contribution in [0.25, 0.3) is 0 Å². The first-order valence-corrected chi connectivity index (χ1v) is 41.8. The summed E-state index contributed by atoms with van der Waals surface area (Å²) in [6, 6.07) is 60.2. The summed E-state index contributed by atoms with van der Waals surface area (Å²) in [7, 11) is 19.7. The van der Waals surface area contributed by atoms with Gasteiger partial charge in [0.25, 0.3) is 29.5 Å². The summed E-state index contributed by atoms with van der Waals surface area (Å²) in [6.07, 6.45) is 5.83. The Morgan fingerprint density at radius 3 is 1.16 bits per heavy atom. The fraction of sp³-hybridized carbons (Fsp3) is 0.337. The van der Waals surface area contributed by atoms with Crippen molar-refractivity contribution in [3.63, 3.8) is 0 Å². The van der Waals surface area contributed by atoms with Gasteiger partial charge in [0, 0.05) is 81.8 Å². The number of hydrogen-bond acceptors (Lipinski definition) is 20. The lowest BCUT2D eigenvalue weighted by Crippen LogP contribution is -2.22. The molecule has 1 saturated carbocycles. The molecule has 9 aromatic carbocycles. The minimum absolute atomic E-state index is 0.149. The predicted molar refractivity (Wildman–Crippen MR) is 494 cm³/mol. The maximum absolute atomic E-state index is 13.2. The van der Waals surface area contributed by atoms with Gasteiger partial charge in [0.1, 0.15) is 85.0 Å². The number of rotatable bonds is 36. The van der Waals surface area contributed by atoms with Crippen molar-refractivity contribution in [2.75, 3.05) is 176 Å². The van der Waals surface area contributed by atoms with Crippen LogP contribution < -0.4 is 64.5 Å². The second-order valence-electron chi connectivity index (χ2n) is 29.7. The van der Waals surface area contributed by atoms with E-state index in [1.165, 1.54) is 6.33 Å². The lowest BCUT2D eigenvalue weighted by Gasteiger charge is -2.20. The van der Waals surface area contributed by atoms with Crippen molar-refractivity contribution in [3.05, 3.63) is 266 Å². The van der Waals surface area contributed by atoms with E-state index in [0.717, 1.165) is 85.6 Å². The zero-order chi connectivity index (χ0) is 89.2. The number of anilines is 5. The molecule has 0 aliphatic heterocycles. The van der Waals surface area contributed by atoms with Crippen molar-refractivity contribution in [1.29, 1.82) is 0 Å². The highest BCUT2D eigenvalue weighted by atomic mass is 35.5. The highest BCUT2D eigenvalue weighted by Gasteiger charge is 2.27. The number of nitrogens with zero attached hydrogens (tertiary/aromatic N) is 7. The van der Waals surface area contributed by atoms with Gasteiger partial charge in [-0.3, -0.25) is 24.0 Å². The molecule has 0 spiro atoms. The molecule has 28 heteroatoms. The van der Waals surface area contributed by atoms with Crippen LogP contribution in [0.5, 0.6) is 46.3 Å². The molecule has 11 rings (SSSR count). The van der Waals surface area contributed by atoms with Gasteiger partial charge in [-0.2, -0.15) is 0 Å². The molecule has 0 atom stereocenters. The molecule has 5 amide bonds. The number of benzene rings is 9. The van der Waals surface area contributed by atoms with E-state index in [0.29, 0.717) is 136 Å². The van der Waals surface area contributed by atoms with Crippen LogP contribution in [0.3, 0.4) is 0 Å². The van der Waals surface area contributed by atoms with Crippen LogP contribution in [0.1, 0.15) is 108 Å². The van der Waals surface area contributed by atoms with E-state index in [2.05, 4.69) is 36.6 Å². The zero-order valence-electron chi connectivity index (χ0n) is 73.1. The number of aryl methyl sites for hydroxylation is 3. The number of amides is 5. The Morgan fingerprint density at radius 1 is 0.350 bits per heavy atom. The van der Waals surface area contributed by atoms with Crippen LogP contribution in [0.2, 0.25) is 15.1 Å². The van der Waals surface area contributed by atoms with Crippen LogP contribution >= 0.6 is 34.8 Å². The Labute approximate surface area is 739 Å². The third-order valence-electron chi connectivity index (χ3n) is 18.1. The summed E-state index contributed by atoms with van der Waals surface area (Å²) in [5.41, 5.74) is 8.33. The van der Waals surface area contributed by atoms with Crippen molar-refractivity contribution in [3.8, 4) is 46.3 Å². The van der Waals surface area contributed by atoms with E-state index in [4.69, 9.17) is 72.7 Å². The van der Waals surface area contributed by atoms with Gasteiger partial charge < -0.3 is 89.0 Å². The van der Waals surface area contributed by atoms with Gasteiger partial charge in [-0.1, -0.05) is 102 Å². The maximum atomic E-state index is 13.2. The minimum Gasteiger partial charge on any atom is -0.493 e. The molecule has 1 aliphatic carbocycles. The summed E-state index contributed by atoms with van der Waals surface area (Å²) in [4.78, 5) is 81.7. The molecule has 656 valence electrons. The van der Waals surface area contributed by atoms with Crippen molar-refractivity contribution in [2.24, 2.45) is 0 Å². The number of para-hydroxylation sites is 3. The topological polar surface area (TPSA) is 261 Å². The normalized spacial score (nSPS) is 11.4. The Morgan fingerprint density at radius 2 is 0.707 bits per heavy atom. The summed E-state index contributed by atoms with van der Waals surface area (Å²) < 4.78 is 46.1. The van der Waals surface area contributed by atoms with Crippen molar-refractivity contribution >= 4 is 92.8 Å². The fourth-order valence-electron chi connectivity index (χ4n) is 11.6. The maximum Gasteiger partial charge on any atom is 0.266 e. The Bertz CT molecular complexity index is 4960. The molecular weight excluding hydrogens is 1620 g/mol. The number of carbonyl (C=O) groups excluding carboxylic acids is 5. The molecule has 1 fully saturated rings. The Kier molecular flexibility index (Phi) is 42.3. The summed E-state index contributed by atoms with van der Waals surface area (Å²) >= 11 is 18.1. The number of ether oxygens (including phenoxy) is 8. The third kappa shape index (κ3) is 34.7. The minimum atomic E-state index is -0.407. The first kappa shape index (κ1) is 98.6. The van der Waals surface area contributed by atoms with E-state index < -0.39 is 5.91 Å². The van der Waals surface area contributed by atoms with E-state index in [1.54, 1.807) is 72.8 Å². The van der Waals surface area contributed by atoms with Crippen molar-refractivity contribution < 1.29 is 61.9 Å². The van der Waals surface area contributed by atoms with Crippen LogP contribution in [-0.2, 0) is 0 Å². The van der Waals surface area contributed by atoms with Gasteiger partial charge in [-0.05, 0) is 281 Å². The average molecular weight is 1740 g/mol. The molecule has 25 nitrogen and oxygen atoms in total. The number of hydrogen-bond donors (Lipinski definition) is 5. The van der Waals surface area contributed by atoms with Crippen LogP contribution in [0.15, 0.2) is 207 Å². The molecular formula is C95H117Cl3N12O13. The summed E-state index contributed by atoms with van der Waals surface area (Å²) in [5, 5.41) is 16.4. The molecule has 1 aromatic heterocycles. The molecule has 10 aromatic rings. The lowest BCUT2D eigenvalue weighted by atomic mass is 10.1. The quantitative estimate of drug-likeness (QED) is 0.0244. The van der Waals surface area contributed by atoms with E-state index in [1.807, 2.05) is 257 Å². The van der Waals surface area contributed by atoms with E-state index in [9.17, 15) is 24.0 Å². The highest BCUT2D eigenvalue weighted by Crippen LogP contribution is 2.36. The smallest absolute Gasteiger partial charge is 0.266 e. The van der Waals surface area contributed by atoms with Crippen LogP contribution in [0, 0.1) is 20.8 Å². The largest absolute Gasteiger partial charge is 0.493 e. The second kappa shape index (κ2) is 52.7. The highest BCUT2D eigenvalue weighted by molar-refractivity contribution is 6.32. The van der Waals surface area contributed by atoms with Gasteiger partial charge in [0.15, 0.2) is 5.56 Å². The fourth-order valence-corrected chi connectivity index (χ4v) is 11.9. The molecule has 0 saturated heterocycles. The average Bonchev–Trinajstić information content (AvgIpc) is 1.38. The number of carbonyl (C=O) groups is 5. The molecule has 0 unspecified atom stereocenters. The first-order valence-electron chi connectivity index (χ1n) is 40.6. The monoisotopic (exact) mass is 1740 g/mol. The number of likely N-dealkylation sites (N-methyl/N-ethyl adjacent to an activating group) is 5. The van der Waals surface area contributed by atoms with Gasteiger partial charge in [-0.25, -0.2) is 9.97 Å². The van der Waals surface area contributed by atoms with Crippen LogP contribution in [-0.4, -0.2) is 220 Å². The molecule has 0 radical (unpaired) electrons. The second-order valence-corrected chi connectivity index (χ2v) is 30.9. The Hall–Kier alpha value is -11.5. The molecule has 5 N–H and O–H groups in total. The summed E-state index contributed by atoms with van der Waals surface area (Å²) in [5.74, 6) is 2.57. The zero-order valence-corrected chi connectivity index (χ0v) is 75.4. The number of nitrogens with one attached hydrogen (secondary N) is 5. The molecule has 1 heterocycles. The van der Waals surface area contributed by atoms with Crippen molar-refractivity contribution in [2.45, 2.75) is 66.4 Å². The van der Waals surface area contributed by atoms with E-state index in [-0.39, 0.29) is 47.1 Å². The summed E-state index contributed by atoms with van der Waals surface area (Å²) in [6.45, 7) is 16.5. The predicted octanol–water partition coefficient (Wildman–Crippen LogP) is 18.2. The number of aromatic nitrogens is 2. The Balaban J connectivity index is 0.000000212. The van der Waals surface area contributed by atoms with Gasteiger partial charge >= 0.3 is 0 Å². The van der Waals surface area contributed by atoms with Crippen molar-refractivity contribution in [1.82, 2.24) is 34.5 Å². The molecule has 1 aliphatic rings. The van der Waals surface area contributed by atoms with Gasteiger partial charge in [0.2, 0.25) is 11.8 Å². The third-order valence-corrected chi connectivity index (χ3v) is 19.4. The molecule has 123 heavy (non-hydrogen) atoms. The van der Waals surface area contributed by atoms with E-state index >= 15 is 0 Å². The first-order chi connectivity index (χ1) is 59.1. The lowest BCUT2D eigenvalue weighted by molar-refractivity contribution is 0.100. The van der Waals surface area contributed by atoms with Gasteiger partial charge in [0.05, 0.1) is 24.9 Å². The van der Waals surface area contributed by atoms with Gasteiger partial charge in [-0.15, -0.1) is 0 Å². The SMILES string of the molecule is CCOc1cccc(OCCN(C)C)c1C(=O)Nc1ccccc1.CCOc1ncnc(OCCN(C)C)c1C(=O)Nc1ccc(Cl)c(C)c1.CN(C)CCOc1ccccc1C(=O)Nc1ccccc1.Cc1cc(NC(=O)c2c(OCCN(C)C)cccc2OC2CCCC2)ccc1Cl.Cc1cc(NC(=O)c2cccc(OCCN(C)C)c2)ccc1Cl.